The summed E-state index contributed by atoms with van der Waals surface area (Å²) in [5, 5.41) is 114. The average Bonchev–Trinajstić information content (AvgIpc) is 1.60. The summed E-state index contributed by atoms with van der Waals surface area (Å²) in [6, 6.07) is 12.8. The van der Waals surface area contributed by atoms with Crippen molar-refractivity contribution in [3.63, 3.8) is 0 Å². The number of aromatic nitrogens is 2. The molecule has 3 saturated heterocycles. The SMILES string of the molecule is COCCOc1ccc(-c2ccc(-c3nnc(-c4ccc(C(=O)N[C@H]5C[C@@H](O)CNC(=O)[C@@H]6[C@@H](O)[C@@H](C)CN6C(=O)[C@H]([C@H](O)CCN=C(NC(=O)OC(C)(C)C)NC(=O)OC(C)(C)C)NC(=O)[C@H]([C@H](O)Cc6ccc(O)c(OCCN=C(NC(=O)OC(C)(C)C)NC(=O)OC(C)(C)C)c6)NC(=O)[C@@H]6C[C@@H](O)CN6C(=O)[C@H]([C@@H](C)O)NC5=O)cc4)s3)cc2)cc1. The third-order valence-electron chi connectivity index (χ3n) is 18.7. The fourth-order valence-corrected chi connectivity index (χ4v) is 13.8. The van der Waals surface area contributed by atoms with Crippen LogP contribution in [0.1, 0.15) is 132 Å². The standard InChI is InChI=1S/C83H113N15O25S/c1-43-41-98-63(64(43)105)69(110)86-40-51(100)38-54(87-65(106)48-19-23-50(24-20-48)71-96-95-70(124-71)49-21-17-46(18-22-49)47-25-27-53(28-26-47)118-35-34-117-15)66(107)88-60(44(2)99)72(111)97-42-52(101)39-55(97)67(108)89-61(68(109)90-62(73(98)112)57(103)30-31-84-74(91-76(113)120-80(3,4)5)92-77(114)121-81(6,7)8)58(104)36-45-16-29-56(102)59(37-45)119-33-32-85-75(93-78(115)122-82(9,10)11)94-79(116)123-83(12,13)14/h16-29,37,43-44,51-52,54-55,57-58,60-64,99-105H,30-36,38-42H2,1-15H3,(H,86,110)(H,87,106)(H,88,107)(H,89,108)(H,90,109)(H2,84,91,92,113,114)(H2,85,93,94,115,116)/t43-,44+,51+,52+,54-,55-,57+,58+,60-,61-,62-,63-,64-/m0/s1. The predicted molar refractivity (Wildman–Crippen MR) is 449 cm³/mol. The number of fused-ring (bicyclic) bond motifs is 2. The molecule has 11 amide bonds. The Morgan fingerprint density at radius 3 is 1.57 bits per heavy atom. The van der Waals surface area contributed by atoms with Gasteiger partial charge >= 0.3 is 24.4 Å². The number of carbonyl (C=O) groups is 11. The van der Waals surface area contributed by atoms with Crippen LogP contribution in [-0.2, 0) is 58.9 Å². The molecule has 3 fully saturated rings. The van der Waals surface area contributed by atoms with Crippen LogP contribution < -0.4 is 57.3 Å². The predicted octanol–water partition coefficient (Wildman–Crippen LogP) is 2.80. The van der Waals surface area contributed by atoms with Crippen molar-refractivity contribution in [2.24, 2.45) is 15.9 Å². The van der Waals surface area contributed by atoms with Crippen LogP contribution in [0.2, 0.25) is 0 Å². The Morgan fingerprint density at radius 1 is 0.556 bits per heavy atom. The van der Waals surface area contributed by atoms with E-state index < -0.39 is 236 Å². The molecule has 40 nitrogen and oxygen atoms in total. The van der Waals surface area contributed by atoms with Gasteiger partial charge in [0.25, 0.3) is 5.91 Å². The summed E-state index contributed by atoms with van der Waals surface area (Å²) in [6.45, 7) is 19.1. The molecule has 4 aromatic carbocycles. The zero-order valence-electron chi connectivity index (χ0n) is 71.7. The number of carbonyl (C=O) groups excluding carboxylic acids is 11. The summed E-state index contributed by atoms with van der Waals surface area (Å²) in [7, 11) is 1.59. The van der Waals surface area contributed by atoms with E-state index >= 15 is 19.2 Å². The molecule has 5 aromatic rings. The molecule has 0 aliphatic carbocycles. The molecule has 41 heteroatoms. The van der Waals surface area contributed by atoms with Crippen LogP contribution in [0.5, 0.6) is 17.2 Å². The first-order valence-corrected chi connectivity index (χ1v) is 40.9. The summed E-state index contributed by atoms with van der Waals surface area (Å²) in [6.07, 6.45) is -18.1. The van der Waals surface area contributed by atoms with Crippen LogP contribution >= 0.6 is 11.3 Å². The number of amides is 11. The van der Waals surface area contributed by atoms with Crippen molar-refractivity contribution >= 4 is 89.0 Å². The third-order valence-corrected chi connectivity index (χ3v) is 19.7. The molecule has 676 valence electrons. The van der Waals surface area contributed by atoms with Crippen molar-refractivity contribution in [3.05, 3.63) is 102 Å². The molecule has 0 spiro atoms. The first-order chi connectivity index (χ1) is 58.1. The molecule has 0 unspecified atom stereocenters. The van der Waals surface area contributed by atoms with Gasteiger partial charge in [-0.05, 0) is 150 Å². The number of benzene rings is 4. The highest BCUT2D eigenvalue weighted by Crippen LogP contribution is 2.34. The van der Waals surface area contributed by atoms with Gasteiger partial charge in [-0.15, -0.1) is 10.2 Å². The molecule has 0 bridgehead atoms. The van der Waals surface area contributed by atoms with E-state index in [-0.39, 0.29) is 30.0 Å². The number of rotatable bonds is 21. The molecule has 1 aromatic heterocycles. The first kappa shape index (κ1) is 97.7. The number of aliphatic hydroxyl groups excluding tert-OH is 6. The lowest BCUT2D eigenvalue weighted by Crippen LogP contribution is -2.64. The Balaban J connectivity index is 1.12. The maximum absolute atomic E-state index is 15.6. The van der Waals surface area contributed by atoms with Crippen molar-refractivity contribution in [2.75, 3.05) is 59.7 Å². The number of β-amino-alcohol motifs (C(OH)–C–C–N with tert-alkyl or cyclic N) is 1. The minimum atomic E-state index is -2.30. The largest absolute Gasteiger partial charge is 0.504 e. The second-order valence-corrected chi connectivity index (χ2v) is 34.8. The molecule has 124 heavy (non-hydrogen) atoms. The zero-order valence-corrected chi connectivity index (χ0v) is 72.5. The molecule has 3 aliphatic heterocycles. The number of ether oxygens (including phenoxy) is 7. The molecule has 4 heterocycles. The van der Waals surface area contributed by atoms with Crippen LogP contribution in [0.25, 0.3) is 32.3 Å². The maximum atomic E-state index is 15.6. The minimum Gasteiger partial charge on any atom is -0.504 e. The van der Waals surface area contributed by atoms with Gasteiger partial charge in [-0.25, -0.2) is 24.2 Å². The highest BCUT2D eigenvalue weighted by Gasteiger charge is 2.50. The number of nitrogens with zero attached hydrogens (tertiary/aromatic N) is 6. The van der Waals surface area contributed by atoms with Gasteiger partial charge in [0.2, 0.25) is 47.4 Å². The van der Waals surface area contributed by atoms with E-state index in [2.05, 4.69) is 68.0 Å². The number of nitrogens with one attached hydrogen (secondary N) is 9. The lowest BCUT2D eigenvalue weighted by molar-refractivity contribution is -0.147. The smallest absolute Gasteiger partial charge is 0.414 e. The summed E-state index contributed by atoms with van der Waals surface area (Å²) in [4.78, 5) is 167. The van der Waals surface area contributed by atoms with E-state index in [4.69, 9.17) is 33.2 Å². The normalized spacial score (nSPS) is 21.5. The van der Waals surface area contributed by atoms with Gasteiger partial charge in [0.05, 0.1) is 49.8 Å². The van der Waals surface area contributed by atoms with Gasteiger partial charge < -0.3 is 105 Å². The molecule has 8 rings (SSSR count). The van der Waals surface area contributed by atoms with Crippen LogP contribution in [0.4, 0.5) is 19.2 Å². The van der Waals surface area contributed by atoms with Crippen molar-refractivity contribution in [1.29, 1.82) is 0 Å². The number of methoxy groups -OCH3 is 1. The molecule has 13 atom stereocenters. The summed E-state index contributed by atoms with van der Waals surface area (Å²) in [5.74, 6) is -10.5. The van der Waals surface area contributed by atoms with Gasteiger partial charge in [0.15, 0.2) is 11.5 Å². The third kappa shape index (κ3) is 29.5. The summed E-state index contributed by atoms with van der Waals surface area (Å²) in [5.41, 5.74) is -0.843. The molecule has 0 saturated carbocycles. The number of aliphatic hydroxyl groups is 6. The van der Waals surface area contributed by atoms with Gasteiger partial charge in [0, 0.05) is 75.2 Å². The highest BCUT2D eigenvalue weighted by atomic mass is 32.1. The fraction of sp³-hybridized carbons (Fsp3) is 0.530. The van der Waals surface area contributed by atoms with E-state index in [9.17, 15) is 69.3 Å². The minimum absolute atomic E-state index is 0.0319. The number of aromatic hydroxyl groups is 1. The quantitative estimate of drug-likeness (QED) is 0.0217. The number of alkyl carbamates (subject to hydrolysis) is 4. The average molecular weight is 1750 g/mol. The van der Waals surface area contributed by atoms with Gasteiger partial charge in [-0.2, -0.15) is 0 Å². The van der Waals surface area contributed by atoms with Gasteiger partial charge in [-0.3, -0.25) is 59.8 Å². The number of phenolic OH excluding ortho intramolecular Hbond substituents is 1. The van der Waals surface area contributed by atoms with Gasteiger partial charge in [0.1, 0.15) is 87.6 Å². The number of hydrogen-bond donors (Lipinski definition) is 16. The Hall–Kier alpha value is -11.7. The molecule has 0 radical (unpaired) electrons. The first-order valence-electron chi connectivity index (χ1n) is 40.1. The monoisotopic (exact) mass is 1750 g/mol. The second-order valence-electron chi connectivity index (χ2n) is 33.8. The lowest BCUT2D eigenvalue weighted by Gasteiger charge is -2.34. The van der Waals surface area contributed by atoms with Crippen molar-refractivity contribution in [3.8, 4) is 49.5 Å². The van der Waals surface area contributed by atoms with Crippen LogP contribution in [0, 0.1) is 5.92 Å². The van der Waals surface area contributed by atoms with Crippen LogP contribution in [0.15, 0.2) is 101 Å². The van der Waals surface area contributed by atoms with Gasteiger partial charge in [-0.1, -0.05) is 72.9 Å². The molecular weight excluding hydrogens is 1640 g/mol. The van der Waals surface area contributed by atoms with E-state index in [0.717, 1.165) is 39.5 Å². The fourth-order valence-electron chi connectivity index (χ4n) is 12.9. The number of hydrogen-bond acceptors (Lipinski definition) is 30. The van der Waals surface area contributed by atoms with E-state index in [1.807, 2.05) is 48.5 Å². The van der Waals surface area contributed by atoms with Crippen LogP contribution in [-0.4, -0.2) is 288 Å². The second kappa shape index (κ2) is 43.1. The zero-order chi connectivity index (χ0) is 91.5. The lowest BCUT2D eigenvalue weighted by atomic mass is 9.98. The molecular formula is C83H113N15O25S. The number of guanidine groups is 2. The van der Waals surface area contributed by atoms with E-state index in [1.165, 1.54) is 42.5 Å². The molecule has 16 N–H and O–H groups in total. The highest BCUT2D eigenvalue weighted by molar-refractivity contribution is 7.17. The number of phenols is 1. The van der Waals surface area contributed by atoms with E-state index in [0.29, 0.717) is 34.5 Å². The van der Waals surface area contributed by atoms with Crippen LogP contribution in [0.3, 0.4) is 0 Å². The van der Waals surface area contributed by atoms with Crippen molar-refractivity contribution < 1.29 is 122 Å². The Bertz CT molecular complexity index is 4570. The van der Waals surface area contributed by atoms with Crippen molar-refractivity contribution in [1.82, 2.24) is 67.8 Å². The van der Waals surface area contributed by atoms with E-state index in [1.54, 1.807) is 102 Å². The molecule has 3 aliphatic rings. The van der Waals surface area contributed by atoms with Crippen molar-refractivity contribution in [2.45, 2.75) is 218 Å². The maximum Gasteiger partial charge on any atom is 0.414 e. The Morgan fingerprint density at radius 2 is 1.05 bits per heavy atom. The Labute approximate surface area is 720 Å². The summed E-state index contributed by atoms with van der Waals surface area (Å²) >= 11 is 1.27. The Kier molecular flexibility index (Phi) is 33.9. The number of aliphatic imine (C=N–C) groups is 2. The topological polar surface area (TPSA) is 559 Å². The summed E-state index contributed by atoms with van der Waals surface area (Å²) < 4.78 is 38.0.